The molecular formula is C23H29N3O2. The van der Waals surface area contributed by atoms with Gasteiger partial charge in [0.25, 0.3) is 0 Å². The lowest BCUT2D eigenvalue weighted by atomic mass is 10.0. The summed E-state index contributed by atoms with van der Waals surface area (Å²) in [6.07, 6.45) is 1.26. The summed E-state index contributed by atoms with van der Waals surface area (Å²) in [6.45, 7) is 5.78. The molecule has 1 atom stereocenters. The highest BCUT2D eigenvalue weighted by Crippen LogP contribution is 2.19. The van der Waals surface area contributed by atoms with Crippen LogP contribution in [0.3, 0.4) is 0 Å². The van der Waals surface area contributed by atoms with Gasteiger partial charge >= 0.3 is 0 Å². The predicted molar refractivity (Wildman–Crippen MR) is 111 cm³/mol. The summed E-state index contributed by atoms with van der Waals surface area (Å²) in [5, 5.41) is 2.93. The fraction of sp³-hybridized carbons (Fsp3) is 0.391. The van der Waals surface area contributed by atoms with Crippen molar-refractivity contribution in [2.24, 2.45) is 0 Å². The zero-order valence-electron chi connectivity index (χ0n) is 16.5. The molecule has 0 aromatic heterocycles. The second kappa shape index (κ2) is 10.0. The van der Waals surface area contributed by atoms with Gasteiger partial charge in [0.05, 0.1) is 12.5 Å². The Kier molecular flexibility index (Phi) is 7.20. The minimum atomic E-state index is -0.283. The molecule has 1 fully saturated rings. The van der Waals surface area contributed by atoms with Gasteiger partial charge in [0, 0.05) is 39.6 Å². The molecule has 28 heavy (non-hydrogen) atoms. The molecule has 1 aliphatic rings. The molecule has 5 heteroatoms. The lowest BCUT2D eigenvalue weighted by Crippen LogP contribution is -2.38. The molecule has 1 saturated heterocycles. The topological polar surface area (TPSA) is 52.7 Å². The van der Waals surface area contributed by atoms with Crippen LogP contribution in [0, 0.1) is 0 Å². The van der Waals surface area contributed by atoms with Crippen molar-refractivity contribution in [3.63, 3.8) is 0 Å². The van der Waals surface area contributed by atoms with Gasteiger partial charge < -0.3 is 10.2 Å². The van der Waals surface area contributed by atoms with Gasteiger partial charge in [0.1, 0.15) is 0 Å². The molecule has 5 nitrogen and oxygen atoms in total. The number of carbonyl (C=O) groups is 2. The number of rotatable bonds is 6. The van der Waals surface area contributed by atoms with Crippen molar-refractivity contribution < 1.29 is 9.59 Å². The maximum atomic E-state index is 12.9. The van der Waals surface area contributed by atoms with Crippen LogP contribution in [0.1, 0.15) is 36.9 Å². The molecule has 1 heterocycles. The van der Waals surface area contributed by atoms with Gasteiger partial charge in [-0.2, -0.15) is 0 Å². The van der Waals surface area contributed by atoms with Crippen LogP contribution in [0.15, 0.2) is 60.7 Å². The van der Waals surface area contributed by atoms with E-state index >= 15 is 0 Å². The second-order valence-corrected chi connectivity index (χ2v) is 7.36. The number of benzene rings is 2. The first-order valence-corrected chi connectivity index (χ1v) is 9.98. The van der Waals surface area contributed by atoms with Crippen LogP contribution in [-0.4, -0.2) is 47.8 Å². The third-order valence-electron chi connectivity index (χ3n) is 5.15. The van der Waals surface area contributed by atoms with E-state index in [2.05, 4.69) is 34.5 Å². The number of nitrogens with zero attached hydrogens (tertiary/aromatic N) is 2. The Labute approximate surface area is 167 Å². The first-order valence-electron chi connectivity index (χ1n) is 9.98. The average Bonchev–Trinajstić information content (AvgIpc) is 2.94. The highest BCUT2D eigenvalue weighted by molar-refractivity contribution is 5.79. The molecular weight excluding hydrogens is 350 g/mol. The van der Waals surface area contributed by atoms with E-state index in [1.807, 2.05) is 41.3 Å². The van der Waals surface area contributed by atoms with Gasteiger partial charge in [-0.05, 0) is 17.5 Å². The van der Waals surface area contributed by atoms with E-state index in [0.29, 0.717) is 6.42 Å². The van der Waals surface area contributed by atoms with Crippen molar-refractivity contribution in [2.75, 3.05) is 26.2 Å². The first kappa shape index (κ1) is 20.1. The summed E-state index contributed by atoms with van der Waals surface area (Å²) in [4.78, 5) is 28.9. The van der Waals surface area contributed by atoms with Crippen LogP contribution in [0.4, 0.5) is 0 Å². The molecule has 0 aliphatic carbocycles. The smallest absolute Gasteiger partial charge is 0.225 e. The van der Waals surface area contributed by atoms with E-state index in [1.54, 1.807) is 0 Å². The lowest BCUT2D eigenvalue weighted by molar-refractivity contribution is -0.132. The van der Waals surface area contributed by atoms with Crippen LogP contribution >= 0.6 is 0 Å². The van der Waals surface area contributed by atoms with Gasteiger partial charge in [-0.25, -0.2) is 0 Å². The van der Waals surface area contributed by atoms with Crippen molar-refractivity contribution in [3.8, 4) is 0 Å². The molecule has 1 unspecified atom stereocenters. The monoisotopic (exact) mass is 379 g/mol. The fourth-order valence-corrected chi connectivity index (χ4v) is 3.71. The van der Waals surface area contributed by atoms with Gasteiger partial charge in [-0.3, -0.25) is 14.5 Å². The van der Waals surface area contributed by atoms with E-state index in [-0.39, 0.29) is 17.9 Å². The van der Waals surface area contributed by atoms with E-state index < -0.39 is 0 Å². The molecule has 0 bridgehead atoms. The number of carbonyl (C=O) groups excluding carboxylic acids is 2. The number of hydrogen-bond acceptors (Lipinski definition) is 3. The third-order valence-corrected chi connectivity index (χ3v) is 5.15. The molecule has 1 N–H and O–H groups in total. The van der Waals surface area contributed by atoms with Crippen LogP contribution in [0.25, 0.3) is 0 Å². The van der Waals surface area contributed by atoms with Gasteiger partial charge in [0.15, 0.2) is 0 Å². The fourth-order valence-electron chi connectivity index (χ4n) is 3.71. The number of amides is 2. The van der Waals surface area contributed by atoms with Crippen LogP contribution in [0.2, 0.25) is 0 Å². The maximum Gasteiger partial charge on any atom is 0.225 e. The molecule has 2 aromatic carbocycles. The number of hydrogen-bond donors (Lipinski definition) is 1. The molecule has 3 rings (SSSR count). The van der Waals surface area contributed by atoms with Crippen molar-refractivity contribution in [2.45, 2.75) is 32.4 Å². The zero-order chi connectivity index (χ0) is 19.8. The quantitative estimate of drug-likeness (QED) is 0.840. The van der Waals surface area contributed by atoms with E-state index in [9.17, 15) is 9.59 Å². The summed E-state index contributed by atoms with van der Waals surface area (Å²) in [7, 11) is 0. The van der Waals surface area contributed by atoms with Crippen molar-refractivity contribution in [3.05, 3.63) is 71.8 Å². The largest absolute Gasteiger partial charge is 0.349 e. The van der Waals surface area contributed by atoms with Gasteiger partial charge in [-0.15, -0.1) is 0 Å². The molecule has 2 amide bonds. The van der Waals surface area contributed by atoms with Crippen LogP contribution in [-0.2, 0) is 16.1 Å². The molecule has 148 valence electrons. The van der Waals surface area contributed by atoms with Crippen molar-refractivity contribution >= 4 is 11.8 Å². The second-order valence-electron chi connectivity index (χ2n) is 7.36. The summed E-state index contributed by atoms with van der Waals surface area (Å²) in [5.74, 6) is -0.0179. The first-order chi connectivity index (χ1) is 13.6. The summed E-state index contributed by atoms with van der Waals surface area (Å²) in [5.41, 5.74) is 2.27. The lowest BCUT2D eigenvalue weighted by Gasteiger charge is -2.25. The SMILES string of the molecule is CC(=O)NC(CC(=O)N1CCCN(Cc2ccccc2)CC1)c1ccccc1. The Bertz CT molecular complexity index is 764. The number of nitrogens with one attached hydrogen (secondary N) is 1. The van der Waals surface area contributed by atoms with E-state index in [0.717, 1.165) is 44.7 Å². The van der Waals surface area contributed by atoms with Gasteiger partial charge in [0.2, 0.25) is 11.8 Å². The summed E-state index contributed by atoms with van der Waals surface area (Å²) < 4.78 is 0. The van der Waals surface area contributed by atoms with Crippen LogP contribution in [0.5, 0.6) is 0 Å². The van der Waals surface area contributed by atoms with E-state index in [1.165, 1.54) is 12.5 Å². The molecule has 2 aromatic rings. The third kappa shape index (κ3) is 5.92. The van der Waals surface area contributed by atoms with Gasteiger partial charge in [-0.1, -0.05) is 60.7 Å². The Hall–Kier alpha value is -2.66. The molecule has 0 saturated carbocycles. The highest BCUT2D eigenvalue weighted by atomic mass is 16.2. The minimum absolute atomic E-state index is 0.101. The normalized spacial score (nSPS) is 16.2. The Morgan fingerprint density at radius 2 is 1.61 bits per heavy atom. The summed E-state index contributed by atoms with van der Waals surface area (Å²) >= 11 is 0. The minimum Gasteiger partial charge on any atom is -0.349 e. The Balaban J connectivity index is 1.58. The Morgan fingerprint density at radius 3 is 2.29 bits per heavy atom. The Morgan fingerprint density at radius 1 is 0.929 bits per heavy atom. The van der Waals surface area contributed by atoms with Crippen LogP contribution < -0.4 is 5.32 Å². The molecule has 1 aliphatic heterocycles. The van der Waals surface area contributed by atoms with E-state index in [4.69, 9.17) is 0 Å². The van der Waals surface area contributed by atoms with Crippen molar-refractivity contribution in [1.82, 2.24) is 15.1 Å². The summed E-state index contributed by atoms with van der Waals surface area (Å²) in [6, 6.07) is 19.9. The highest BCUT2D eigenvalue weighted by Gasteiger charge is 2.23. The van der Waals surface area contributed by atoms with Crippen molar-refractivity contribution in [1.29, 1.82) is 0 Å². The predicted octanol–water partition coefficient (Wildman–Crippen LogP) is 2.99. The zero-order valence-corrected chi connectivity index (χ0v) is 16.5. The molecule has 0 radical (unpaired) electrons. The maximum absolute atomic E-state index is 12.9. The molecule has 0 spiro atoms. The average molecular weight is 380 g/mol. The standard InChI is InChI=1S/C23H29N3O2/c1-19(27)24-22(21-11-6-3-7-12-21)17-23(28)26-14-8-13-25(15-16-26)18-20-9-4-2-5-10-20/h2-7,9-12,22H,8,13-18H2,1H3,(H,24,27).